The lowest BCUT2D eigenvalue weighted by atomic mass is 10.1. The Bertz CT molecular complexity index is 339. The molecule has 0 amide bonds. The van der Waals surface area contributed by atoms with Gasteiger partial charge in [-0.05, 0) is 40.7 Å². The van der Waals surface area contributed by atoms with E-state index in [0.29, 0.717) is 0 Å². The van der Waals surface area contributed by atoms with Crippen LogP contribution in [-0.2, 0) is 6.54 Å². The van der Waals surface area contributed by atoms with Gasteiger partial charge in [-0.1, -0.05) is 15.9 Å². The molecule has 1 aromatic carbocycles. The third kappa shape index (κ3) is 1.90. The number of hydrogen-bond acceptors (Lipinski definition) is 2. The van der Waals surface area contributed by atoms with E-state index in [0.717, 1.165) is 22.2 Å². The Morgan fingerprint density at radius 3 is 2.92 bits per heavy atom. The lowest BCUT2D eigenvalue weighted by molar-refractivity contribution is 0.340. The fourth-order valence-electron chi connectivity index (χ4n) is 1.51. The van der Waals surface area contributed by atoms with Gasteiger partial charge in [-0.3, -0.25) is 4.90 Å². The molecule has 0 bridgehead atoms. The van der Waals surface area contributed by atoms with Crippen LogP contribution in [0, 0.1) is 0 Å². The van der Waals surface area contributed by atoms with Crippen LogP contribution < -0.4 is 5.32 Å². The molecule has 1 aliphatic rings. The summed E-state index contributed by atoms with van der Waals surface area (Å²) in [4.78, 5) is 2.24. The van der Waals surface area contributed by atoms with Crippen molar-refractivity contribution in [3.05, 3.63) is 26.6 Å². The summed E-state index contributed by atoms with van der Waals surface area (Å²) < 4.78 is 2.25. The Kier molecular flexibility index (Phi) is 2.62. The van der Waals surface area contributed by atoms with Crippen molar-refractivity contribution in [2.45, 2.75) is 6.54 Å². The maximum atomic E-state index is 3.54. The van der Waals surface area contributed by atoms with Gasteiger partial charge in [0.05, 0.1) is 12.4 Å². The minimum Gasteiger partial charge on any atom is -0.371 e. The second-order valence-corrected chi connectivity index (χ2v) is 5.04. The summed E-state index contributed by atoms with van der Waals surface area (Å²) in [6.45, 7) is 1.91. The molecule has 0 aliphatic carbocycles. The van der Waals surface area contributed by atoms with Gasteiger partial charge >= 0.3 is 0 Å². The van der Waals surface area contributed by atoms with Crippen LogP contribution in [0.5, 0.6) is 0 Å². The molecule has 2 nitrogen and oxygen atoms in total. The molecule has 1 heterocycles. The summed E-state index contributed by atoms with van der Waals surface area (Å²) in [6.07, 6.45) is 0. The van der Waals surface area contributed by atoms with Crippen molar-refractivity contribution in [3.8, 4) is 0 Å². The van der Waals surface area contributed by atoms with Gasteiger partial charge in [-0.2, -0.15) is 0 Å². The average Bonchev–Trinajstić information content (AvgIpc) is 2.02. The van der Waals surface area contributed by atoms with Gasteiger partial charge in [0, 0.05) is 15.5 Å². The zero-order valence-electron chi connectivity index (χ0n) is 7.27. The standard InChI is InChI=1S/C9H10Br2N2/c1-13-4-6-2-7(10)3-8(11)9(6)12-5-13/h2-3,12H,4-5H2,1H3. The van der Waals surface area contributed by atoms with Crippen molar-refractivity contribution in [3.63, 3.8) is 0 Å². The van der Waals surface area contributed by atoms with Crippen LogP contribution in [0.3, 0.4) is 0 Å². The van der Waals surface area contributed by atoms with Gasteiger partial charge < -0.3 is 5.32 Å². The van der Waals surface area contributed by atoms with E-state index < -0.39 is 0 Å². The highest BCUT2D eigenvalue weighted by Gasteiger charge is 2.15. The number of nitrogens with one attached hydrogen (secondary N) is 1. The van der Waals surface area contributed by atoms with Gasteiger partial charge in [0.15, 0.2) is 0 Å². The van der Waals surface area contributed by atoms with Crippen LogP contribution in [0.15, 0.2) is 21.1 Å². The molecule has 0 saturated heterocycles. The molecular weight excluding hydrogens is 296 g/mol. The molecule has 0 aromatic heterocycles. The molecule has 0 radical (unpaired) electrons. The van der Waals surface area contributed by atoms with Crippen molar-refractivity contribution in [1.29, 1.82) is 0 Å². The van der Waals surface area contributed by atoms with E-state index >= 15 is 0 Å². The Morgan fingerprint density at radius 1 is 1.38 bits per heavy atom. The number of halogens is 2. The highest BCUT2D eigenvalue weighted by Crippen LogP contribution is 2.33. The second kappa shape index (κ2) is 3.59. The number of fused-ring (bicyclic) bond motifs is 1. The Morgan fingerprint density at radius 2 is 2.15 bits per heavy atom. The van der Waals surface area contributed by atoms with Crippen molar-refractivity contribution < 1.29 is 0 Å². The molecule has 0 saturated carbocycles. The summed E-state index contributed by atoms with van der Waals surface area (Å²) >= 11 is 7.03. The minimum atomic E-state index is 0.910. The van der Waals surface area contributed by atoms with E-state index in [1.165, 1.54) is 11.3 Å². The van der Waals surface area contributed by atoms with Crippen molar-refractivity contribution in [2.24, 2.45) is 0 Å². The van der Waals surface area contributed by atoms with E-state index in [9.17, 15) is 0 Å². The van der Waals surface area contributed by atoms with Crippen molar-refractivity contribution in [1.82, 2.24) is 4.90 Å². The maximum absolute atomic E-state index is 3.54. The smallest absolute Gasteiger partial charge is 0.0679 e. The van der Waals surface area contributed by atoms with Crippen molar-refractivity contribution >= 4 is 37.5 Å². The molecule has 4 heteroatoms. The monoisotopic (exact) mass is 304 g/mol. The summed E-state index contributed by atoms with van der Waals surface area (Å²) in [6, 6.07) is 4.22. The second-order valence-electron chi connectivity index (χ2n) is 3.27. The predicted molar refractivity (Wildman–Crippen MR) is 61.8 cm³/mol. The number of rotatable bonds is 0. The van der Waals surface area contributed by atoms with Gasteiger partial charge in [0.2, 0.25) is 0 Å². The first kappa shape index (κ1) is 9.49. The highest BCUT2D eigenvalue weighted by atomic mass is 79.9. The Labute approximate surface area is 94.6 Å². The Hall–Kier alpha value is -0.0600. The third-order valence-corrected chi connectivity index (χ3v) is 3.19. The molecule has 0 atom stereocenters. The van der Waals surface area contributed by atoms with Crippen molar-refractivity contribution in [2.75, 3.05) is 19.0 Å². The fraction of sp³-hybridized carbons (Fsp3) is 0.333. The van der Waals surface area contributed by atoms with Crippen LogP contribution >= 0.6 is 31.9 Å². The zero-order valence-corrected chi connectivity index (χ0v) is 10.4. The number of benzene rings is 1. The maximum Gasteiger partial charge on any atom is 0.0679 e. The molecule has 1 aromatic rings. The zero-order chi connectivity index (χ0) is 9.42. The largest absolute Gasteiger partial charge is 0.371 e. The molecule has 0 spiro atoms. The fourth-order valence-corrected chi connectivity index (χ4v) is 2.96. The average molecular weight is 306 g/mol. The van der Waals surface area contributed by atoms with E-state index in [-0.39, 0.29) is 0 Å². The first-order valence-corrected chi connectivity index (χ1v) is 5.66. The summed E-state index contributed by atoms with van der Waals surface area (Å²) in [5, 5.41) is 3.37. The molecule has 1 N–H and O–H groups in total. The lowest BCUT2D eigenvalue weighted by Crippen LogP contribution is -2.30. The number of anilines is 1. The molecule has 0 fully saturated rings. The SMILES string of the molecule is CN1CNc2c(Br)cc(Br)cc2C1. The van der Waals surface area contributed by atoms with Gasteiger partial charge in [-0.25, -0.2) is 0 Å². The normalized spacial score (nSPS) is 16.5. The molecule has 13 heavy (non-hydrogen) atoms. The van der Waals surface area contributed by atoms with E-state index in [4.69, 9.17) is 0 Å². The molecule has 0 unspecified atom stereocenters. The topological polar surface area (TPSA) is 15.3 Å². The predicted octanol–water partition coefficient (Wildman–Crippen LogP) is 3.03. The van der Waals surface area contributed by atoms with Crippen LogP contribution in [0.25, 0.3) is 0 Å². The summed E-state index contributed by atoms with van der Waals surface area (Å²) in [5.74, 6) is 0. The van der Waals surface area contributed by atoms with Gasteiger partial charge in [0.25, 0.3) is 0 Å². The van der Waals surface area contributed by atoms with E-state index in [2.05, 4.69) is 61.3 Å². The Balaban J connectivity index is 2.47. The van der Waals surface area contributed by atoms with Crippen LogP contribution in [0.2, 0.25) is 0 Å². The molecule has 70 valence electrons. The molecule has 2 rings (SSSR count). The lowest BCUT2D eigenvalue weighted by Gasteiger charge is -2.27. The molecule has 1 aliphatic heterocycles. The third-order valence-electron chi connectivity index (χ3n) is 2.10. The van der Waals surface area contributed by atoms with Crippen LogP contribution in [0.4, 0.5) is 5.69 Å². The summed E-state index contributed by atoms with van der Waals surface area (Å²) in [5.41, 5.74) is 2.55. The van der Waals surface area contributed by atoms with Gasteiger partial charge in [0.1, 0.15) is 0 Å². The minimum absolute atomic E-state index is 0.910. The number of nitrogens with zero attached hydrogens (tertiary/aromatic N) is 1. The first-order valence-electron chi connectivity index (χ1n) is 4.07. The highest BCUT2D eigenvalue weighted by molar-refractivity contribution is 9.11. The number of hydrogen-bond donors (Lipinski definition) is 1. The van der Waals surface area contributed by atoms with Crippen LogP contribution in [0.1, 0.15) is 5.56 Å². The van der Waals surface area contributed by atoms with Gasteiger partial charge in [-0.15, -0.1) is 0 Å². The first-order chi connectivity index (χ1) is 6.16. The summed E-state index contributed by atoms with van der Waals surface area (Å²) in [7, 11) is 2.10. The van der Waals surface area contributed by atoms with E-state index in [1.54, 1.807) is 0 Å². The van der Waals surface area contributed by atoms with E-state index in [1.807, 2.05) is 0 Å². The molecular formula is C9H10Br2N2. The van der Waals surface area contributed by atoms with Crippen LogP contribution in [-0.4, -0.2) is 18.6 Å². The quantitative estimate of drug-likeness (QED) is 0.792.